The number of nitrogens with zero attached hydrogens (tertiary/aromatic N) is 2. The van der Waals surface area contributed by atoms with Crippen LogP contribution in [-0.4, -0.2) is 59.7 Å². The van der Waals surface area contributed by atoms with Crippen LogP contribution < -0.4 is 20.1 Å². The number of imide groups is 1. The van der Waals surface area contributed by atoms with Gasteiger partial charge in [-0.2, -0.15) is 5.10 Å². The van der Waals surface area contributed by atoms with E-state index < -0.39 is 6.03 Å². The zero-order chi connectivity index (χ0) is 26.6. The van der Waals surface area contributed by atoms with Gasteiger partial charge in [-0.25, -0.2) is 4.79 Å². The summed E-state index contributed by atoms with van der Waals surface area (Å²) in [6.07, 6.45) is 3.71. The molecule has 4 aromatic rings. The Bertz CT molecular complexity index is 1540. The van der Waals surface area contributed by atoms with Gasteiger partial charge in [-0.05, 0) is 48.2 Å². The molecule has 0 radical (unpaired) electrons. The fourth-order valence-electron chi connectivity index (χ4n) is 4.15. The van der Waals surface area contributed by atoms with E-state index in [0.29, 0.717) is 27.6 Å². The Hall–Kier alpha value is -4.64. The van der Waals surface area contributed by atoms with E-state index >= 15 is 0 Å². The third-order valence-corrected chi connectivity index (χ3v) is 7.11. The summed E-state index contributed by atoms with van der Waals surface area (Å²) in [6, 6.07) is 12.8. The highest BCUT2D eigenvalue weighted by atomic mass is 32.1. The molecule has 3 heterocycles. The number of anilines is 1. The number of hydrogen-bond donors (Lipinski definition) is 3. The van der Waals surface area contributed by atoms with Crippen LogP contribution in [0.4, 0.5) is 10.5 Å². The zero-order valence-corrected chi connectivity index (χ0v) is 21.6. The van der Waals surface area contributed by atoms with Gasteiger partial charge in [0.25, 0.3) is 5.91 Å². The molecular formula is C27H25N5O5S. The molecule has 0 spiro atoms. The first-order valence-corrected chi connectivity index (χ1v) is 12.7. The number of aryl methyl sites for hydroxylation is 1. The fourth-order valence-corrected chi connectivity index (χ4v) is 4.97. The number of ether oxygens (including phenoxy) is 2. The highest BCUT2D eigenvalue weighted by molar-refractivity contribution is 7.12. The summed E-state index contributed by atoms with van der Waals surface area (Å²) in [6.45, 7) is 1.99. The summed E-state index contributed by atoms with van der Waals surface area (Å²) in [7, 11) is 1.49. The Morgan fingerprint density at radius 1 is 1.18 bits per heavy atom. The number of thiophene rings is 1. The molecule has 11 heteroatoms. The van der Waals surface area contributed by atoms with Crippen molar-refractivity contribution in [3.05, 3.63) is 69.5 Å². The Labute approximate surface area is 222 Å². The maximum atomic E-state index is 13.2. The minimum Gasteiger partial charge on any atom is -0.491 e. The Morgan fingerprint density at radius 2 is 2.03 bits per heavy atom. The van der Waals surface area contributed by atoms with Crippen LogP contribution in [0.1, 0.15) is 26.5 Å². The van der Waals surface area contributed by atoms with Crippen molar-refractivity contribution in [1.29, 1.82) is 0 Å². The summed E-state index contributed by atoms with van der Waals surface area (Å²) in [5.41, 5.74) is 3.64. The van der Waals surface area contributed by atoms with Crippen molar-refractivity contribution in [2.75, 3.05) is 32.1 Å². The number of hydrogen-bond acceptors (Lipinski definition) is 7. The van der Waals surface area contributed by atoms with E-state index in [0.717, 1.165) is 27.1 Å². The Morgan fingerprint density at radius 3 is 2.76 bits per heavy atom. The third-order valence-electron chi connectivity index (χ3n) is 6.09. The van der Waals surface area contributed by atoms with Gasteiger partial charge in [0, 0.05) is 10.9 Å². The largest absolute Gasteiger partial charge is 0.491 e. The molecular weight excluding hydrogens is 506 g/mol. The summed E-state index contributed by atoms with van der Waals surface area (Å²) in [4.78, 5) is 38.5. The summed E-state index contributed by atoms with van der Waals surface area (Å²) in [5.74, 6) is 0.0993. The minimum atomic E-state index is -0.448. The van der Waals surface area contributed by atoms with E-state index in [2.05, 4.69) is 20.8 Å². The van der Waals surface area contributed by atoms with Crippen molar-refractivity contribution in [1.82, 2.24) is 20.4 Å². The van der Waals surface area contributed by atoms with Gasteiger partial charge in [-0.15, -0.1) is 11.3 Å². The van der Waals surface area contributed by atoms with Crippen LogP contribution in [0, 0.1) is 6.92 Å². The number of para-hydroxylation sites is 1. The van der Waals surface area contributed by atoms with Gasteiger partial charge in [-0.1, -0.05) is 24.3 Å². The topological polar surface area (TPSA) is 126 Å². The number of aromatic nitrogens is 2. The molecule has 0 atom stereocenters. The number of carbonyl (C=O) groups excluding carboxylic acids is 3. The number of urea groups is 1. The quantitative estimate of drug-likeness (QED) is 0.277. The molecule has 10 nitrogen and oxygen atoms in total. The lowest BCUT2D eigenvalue weighted by atomic mass is 10.1. The fraction of sp³-hybridized carbons (Fsp3) is 0.185. The van der Waals surface area contributed by atoms with Crippen LogP contribution in [0.5, 0.6) is 11.5 Å². The number of nitrogens with one attached hydrogen (secondary N) is 3. The molecule has 5 rings (SSSR count). The number of benzene rings is 2. The molecule has 1 aliphatic rings. The molecule has 1 fully saturated rings. The van der Waals surface area contributed by atoms with Crippen molar-refractivity contribution in [2.45, 2.75) is 6.92 Å². The average Bonchev–Trinajstić information content (AvgIpc) is 3.62. The van der Waals surface area contributed by atoms with E-state index in [4.69, 9.17) is 9.47 Å². The molecule has 2 aromatic carbocycles. The number of amides is 4. The van der Waals surface area contributed by atoms with E-state index in [1.807, 2.05) is 54.8 Å². The first-order valence-electron chi connectivity index (χ1n) is 11.8. The van der Waals surface area contributed by atoms with E-state index in [1.165, 1.54) is 18.4 Å². The van der Waals surface area contributed by atoms with E-state index in [1.54, 1.807) is 12.1 Å². The summed E-state index contributed by atoms with van der Waals surface area (Å²) < 4.78 is 11.6. The van der Waals surface area contributed by atoms with Crippen LogP contribution in [0.3, 0.4) is 0 Å². The van der Waals surface area contributed by atoms with Crippen molar-refractivity contribution < 1.29 is 23.9 Å². The smallest absolute Gasteiger partial charge is 0.324 e. The molecule has 4 amide bonds. The molecule has 38 heavy (non-hydrogen) atoms. The average molecular weight is 532 g/mol. The highest BCUT2D eigenvalue weighted by Gasteiger charge is 2.28. The zero-order valence-electron chi connectivity index (χ0n) is 20.7. The van der Waals surface area contributed by atoms with Gasteiger partial charge in [0.05, 0.1) is 42.0 Å². The van der Waals surface area contributed by atoms with Gasteiger partial charge >= 0.3 is 6.03 Å². The van der Waals surface area contributed by atoms with Gasteiger partial charge in [0.2, 0.25) is 5.91 Å². The van der Waals surface area contributed by atoms with Crippen molar-refractivity contribution in [2.24, 2.45) is 0 Å². The van der Waals surface area contributed by atoms with Crippen molar-refractivity contribution >= 4 is 57.9 Å². The second-order valence-corrected chi connectivity index (χ2v) is 9.40. The normalized spacial score (nSPS) is 13.4. The molecule has 2 aromatic heterocycles. The van der Waals surface area contributed by atoms with Crippen LogP contribution in [-0.2, 0) is 4.79 Å². The predicted octanol–water partition coefficient (Wildman–Crippen LogP) is 4.29. The lowest BCUT2D eigenvalue weighted by Gasteiger charge is -2.18. The summed E-state index contributed by atoms with van der Waals surface area (Å²) >= 11 is 1.35. The molecule has 194 valence electrons. The van der Waals surface area contributed by atoms with Crippen molar-refractivity contribution in [3.8, 4) is 11.5 Å². The van der Waals surface area contributed by atoms with Gasteiger partial charge in [-0.3, -0.25) is 19.6 Å². The summed E-state index contributed by atoms with van der Waals surface area (Å²) in [5, 5.41) is 15.7. The minimum absolute atomic E-state index is 0.0210. The maximum Gasteiger partial charge on any atom is 0.324 e. The molecule has 1 saturated heterocycles. The van der Waals surface area contributed by atoms with E-state index in [9.17, 15) is 14.4 Å². The number of aromatic amines is 1. The lowest BCUT2D eigenvalue weighted by Crippen LogP contribution is -2.34. The highest BCUT2D eigenvalue weighted by Crippen LogP contribution is 2.39. The lowest BCUT2D eigenvalue weighted by molar-refractivity contribution is -0.125. The molecule has 0 aliphatic carbocycles. The molecule has 1 aliphatic heterocycles. The Balaban J connectivity index is 1.46. The second kappa shape index (κ2) is 10.8. The molecule has 3 N–H and O–H groups in total. The number of rotatable bonds is 9. The van der Waals surface area contributed by atoms with Gasteiger partial charge in [0.15, 0.2) is 11.5 Å². The van der Waals surface area contributed by atoms with E-state index in [-0.39, 0.29) is 31.5 Å². The number of methoxy groups -OCH3 is 1. The predicted molar refractivity (Wildman–Crippen MR) is 146 cm³/mol. The SMILES string of the molecule is COc1c(OCCN2C(=O)CNC2=O)ccc(/C=C/c2n[nH]c3ccccc23)c1NC(=O)c1sccc1C. The third kappa shape index (κ3) is 4.96. The number of carbonyl (C=O) groups is 3. The van der Waals surface area contributed by atoms with Crippen LogP contribution in [0.15, 0.2) is 47.8 Å². The van der Waals surface area contributed by atoms with Crippen LogP contribution in [0.25, 0.3) is 23.1 Å². The van der Waals surface area contributed by atoms with Crippen LogP contribution >= 0.6 is 11.3 Å². The van der Waals surface area contributed by atoms with Crippen LogP contribution in [0.2, 0.25) is 0 Å². The standard InChI is InChI=1S/C27H25N5O5S/c1-16-11-14-38-25(16)26(34)29-23-17(7-9-20-18-5-3-4-6-19(18)30-31-20)8-10-21(24(23)36-2)37-13-12-32-22(33)15-28-27(32)35/h3-11,14H,12-13,15H2,1-2H3,(H,28,35)(H,29,34)(H,30,31)/b9-7+. The second-order valence-electron chi connectivity index (χ2n) is 8.49. The molecule has 0 saturated carbocycles. The maximum absolute atomic E-state index is 13.2. The Kier molecular flexibility index (Phi) is 7.09. The first-order chi connectivity index (χ1) is 18.5. The molecule has 0 unspecified atom stereocenters. The number of fused-ring (bicyclic) bond motifs is 1. The number of H-pyrrole nitrogens is 1. The van der Waals surface area contributed by atoms with Gasteiger partial charge in [0.1, 0.15) is 6.61 Å². The van der Waals surface area contributed by atoms with Gasteiger partial charge < -0.3 is 20.1 Å². The monoisotopic (exact) mass is 531 g/mol. The first kappa shape index (κ1) is 25.0. The van der Waals surface area contributed by atoms with Crippen molar-refractivity contribution in [3.63, 3.8) is 0 Å². The molecule has 0 bridgehead atoms.